The van der Waals surface area contributed by atoms with E-state index in [9.17, 15) is 0 Å². The number of likely N-dealkylation sites (N-methyl/N-ethyl adjacent to an activating group) is 1. The molecule has 0 bridgehead atoms. The molecule has 1 aliphatic rings. The molecule has 1 nitrogen and oxygen atoms in total. The third-order valence-corrected chi connectivity index (χ3v) is 2.78. The highest BCUT2D eigenvalue weighted by atomic mass is 15.1. The van der Waals surface area contributed by atoms with Crippen molar-refractivity contribution in [2.45, 2.75) is 25.8 Å². The molecule has 1 aromatic carbocycles. The lowest BCUT2D eigenvalue weighted by Gasteiger charge is -2.38. The Morgan fingerprint density at radius 3 is 3.00 bits per heavy atom. The second-order valence-corrected chi connectivity index (χ2v) is 4.64. The van der Waals surface area contributed by atoms with Crippen molar-refractivity contribution in [2.24, 2.45) is 0 Å². The van der Waals surface area contributed by atoms with Crippen LogP contribution in [0.1, 0.15) is 25.0 Å². The minimum Gasteiger partial charge on any atom is -0.301 e. The summed E-state index contributed by atoms with van der Waals surface area (Å²) in [7, 11) is 2.18. The van der Waals surface area contributed by atoms with Gasteiger partial charge in [0.1, 0.15) is 0 Å². The molecule has 0 aromatic heterocycles. The van der Waals surface area contributed by atoms with Gasteiger partial charge in [-0.25, -0.2) is 0 Å². The van der Waals surface area contributed by atoms with Crippen LogP contribution in [0.25, 0.3) is 0 Å². The molecule has 13 heavy (non-hydrogen) atoms. The molecule has 69 valence electrons. The van der Waals surface area contributed by atoms with Gasteiger partial charge in [-0.1, -0.05) is 26.0 Å². The Morgan fingerprint density at radius 1 is 1.46 bits per heavy atom. The van der Waals surface area contributed by atoms with Crippen LogP contribution in [0, 0.1) is 6.07 Å². The van der Waals surface area contributed by atoms with Gasteiger partial charge in [0.05, 0.1) is 0 Å². The SMILES string of the molecule is CN1Cc2c[c]ccc2C(C)(C)C1. The number of rotatable bonds is 0. The van der Waals surface area contributed by atoms with Gasteiger partial charge in [-0.05, 0) is 30.3 Å². The molecule has 1 heteroatoms. The van der Waals surface area contributed by atoms with Crippen LogP contribution in [0.4, 0.5) is 0 Å². The minimum atomic E-state index is 0.289. The molecule has 0 N–H and O–H groups in total. The quantitative estimate of drug-likeness (QED) is 0.583. The zero-order valence-electron chi connectivity index (χ0n) is 8.59. The molecule has 0 amide bonds. The maximum Gasteiger partial charge on any atom is 0.0234 e. The first-order valence-corrected chi connectivity index (χ1v) is 4.77. The first-order chi connectivity index (χ1) is 6.09. The summed E-state index contributed by atoms with van der Waals surface area (Å²) in [6.45, 7) is 6.82. The maximum atomic E-state index is 3.15. The van der Waals surface area contributed by atoms with E-state index >= 15 is 0 Å². The highest BCUT2D eigenvalue weighted by molar-refractivity contribution is 5.35. The molecule has 0 saturated carbocycles. The van der Waals surface area contributed by atoms with Crippen LogP contribution >= 0.6 is 0 Å². The number of benzene rings is 1. The number of hydrogen-bond donors (Lipinski definition) is 0. The Bertz CT molecular complexity index is 315. The van der Waals surface area contributed by atoms with Gasteiger partial charge in [-0.15, -0.1) is 0 Å². The van der Waals surface area contributed by atoms with E-state index in [4.69, 9.17) is 0 Å². The van der Waals surface area contributed by atoms with Crippen molar-refractivity contribution < 1.29 is 0 Å². The Labute approximate surface area is 80.4 Å². The third kappa shape index (κ3) is 1.49. The predicted molar refractivity (Wildman–Crippen MR) is 54.6 cm³/mol. The zero-order valence-corrected chi connectivity index (χ0v) is 8.59. The van der Waals surface area contributed by atoms with E-state index in [0.717, 1.165) is 13.1 Å². The van der Waals surface area contributed by atoms with Crippen LogP contribution in [0.2, 0.25) is 0 Å². The third-order valence-electron chi connectivity index (χ3n) is 2.78. The van der Waals surface area contributed by atoms with Crippen molar-refractivity contribution in [3.8, 4) is 0 Å². The summed E-state index contributed by atoms with van der Waals surface area (Å²) in [6.07, 6.45) is 0. The van der Waals surface area contributed by atoms with Crippen LogP contribution in [0.5, 0.6) is 0 Å². The van der Waals surface area contributed by atoms with Gasteiger partial charge >= 0.3 is 0 Å². The molecule has 0 unspecified atom stereocenters. The number of hydrogen-bond acceptors (Lipinski definition) is 1. The van der Waals surface area contributed by atoms with Crippen LogP contribution < -0.4 is 0 Å². The van der Waals surface area contributed by atoms with Gasteiger partial charge in [0.15, 0.2) is 0 Å². The Hall–Kier alpha value is -0.820. The number of fused-ring (bicyclic) bond motifs is 1. The van der Waals surface area contributed by atoms with E-state index in [2.05, 4.69) is 44.0 Å². The zero-order chi connectivity index (χ0) is 9.47. The van der Waals surface area contributed by atoms with Crippen LogP contribution in [-0.4, -0.2) is 18.5 Å². The summed E-state index contributed by atoms with van der Waals surface area (Å²) in [5.74, 6) is 0. The molecule has 0 aliphatic carbocycles. The first kappa shape index (κ1) is 8.76. The summed E-state index contributed by atoms with van der Waals surface area (Å²) in [6, 6.07) is 9.50. The van der Waals surface area contributed by atoms with Crippen molar-refractivity contribution in [2.75, 3.05) is 13.6 Å². The van der Waals surface area contributed by atoms with Crippen molar-refractivity contribution in [3.63, 3.8) is 0 Å². The monoisotopic (exact) mass is 174 g/mol. The molecule has 0 fully saturated rings. The van der Waals surface area contributed by atoms with Gasteiger partial charge in [0.2, 0.25) is 0 Å². The lowest BCUT2D eigenvalue weighted by molar-refractivity contribution is 0.235. The molecule has 1 aliphatic heterocycles. The predicted octanol–water partition coefficient (Wildman–Crippen LogP) is 2.21. The van der Waals surface area contributed by atoms with Gasteiger partial charge in [-0.3, -0.25) is 0 Å². The van der Waals surface area contributed by atoms with E-state index < -0.39 is 0 Å². The van der Waals surface area contributed by atoms with Gasteiger partial charge in [0, 0.05) is 18.5 Å². The fraction of sp³-hybridized carbons (Fsp3) is 0.500. The molecule has 2 rings (SSSR count). The molecule has 0 atom stereocenters. The molecule has 0 spiro atoms. The summed E-state index contributed by atoms with van der Waals surface area (Å²) in [4.78, 5) is 2.37. The second-order valence-electron chi connectivity index (χ2n) is 4.64. The van der Waals surface area contributed by atoms with E-state index in [0.29, 0.717) is 0 Å². The van der Waals surface area contributed by atoms with Crippen molar-refractivity contribution >= 4 is 0 Å². The van der Waals surface area contributed by atoms with Crippen LogP contribution in [0.15, 0.2) is 18.2 Å². The van der Waals surface area contributed by atoms with E-state index in [-0.39, 0.29) is 5.41 Å². The fourth-order valence-electron chi connectivity index (χ4n) is 2.36. The molecular weight excluding hydrogens is 158 g/mol. The summed E-state index contributed by atoms with van der Waals surface area (Å²) in [5.41, 5.74) is 3.21. The van der Waals surface area contributed by atoms with E-state index in [1.54, 1.807) is 0 Å². The average Bonchev–Trinajstić information content (AvgIpc) is 2.02. The van der Waals surface area contributed by atoms with Gasteiger partial charge in [-0.2, -0.15) is 0 Å². The van der Waals surface area contributed by atoms with Crippen LogP contribution in [-0.2, 0) is 12.0 Å². The van der Waals surface area contributed by atoms with Crippen molar-refractivity contribution in [1.29, 1.82) is 0 Å². The van der Waals surface area contributed by atoms with E-state index in [1.165, 1.54) is 11.1 Å². The minimum absolute atomic E-state index is 0.289. The highest BCUT2D eigenvalue weighted by Gasteiger charge is 2.29. The summed E-state index contributed by atoms with van der Waals surface area (Å²) in [5, 5.41) is 0. The topological polar surface area (TPSA) is 3.24 Å². The second kappa shape index (κ2) is 2.85. The van der Waals surface area contributed by atoms with Gasteiger partial charge < -0.3 is 4.90 Å². The smallest absolute Gasteiger partial charge is 0.0234 e. The summed E-state index contributed by atoms with van der Waals surface area (Å²) < 4.78 is 0. The highest BCUT2D eigenvalue weighted by Crippen LogP contribution is 2.31. The van der Waals surface area contributed by atoms with E-state index in [1.807, 2.05) is 6.07 Å². The molecule has 1 radical (unpaired) electrons. The van der Waals surface area contributed by atoms with Gasteiger partial charge in [0.25, 0.3) is 0 Å². The largest absolute Gasteiger partial charge is 0.301 e. The molecule has 0 saturated heterocycles. The Morgan fingerprint density at radius 2 is 2.23 bits per heavy atom. The molecule has 1 heterocycles. The lowest BCUT2D eigenvalue weighted by Crippen LogP contribution is -2.39. The Balaban J connectivity index is 2.50. The first-order valence-electron chi connectivity index (χ1n) is 4.77. The van der Waals surface area contributed by atoms with Crippen molar-refractivity contribution in [1.82, 2.24) is 4.90 Å². The molecule has 1 aromatic rings. The lowest BCUT2D eigenvalue weighted by atomic mass is 9.79. The Kier molecular flexibility index (Phi) is 1.92. The van der Waals surface area contributed by atoms with Crippen molar-refractivity contribution in [3.05, 3.63) is 35.4 Å². The maximum absolute atomic E-state index is 3.15. The summed E-state index contributed by atoms with van der Waals surface area (Å²) >= 11 is 0. The molecular formula is C12H16N. The average molecular weight is 174 g/mol. The van der Waals surface area contributed by atoms with Crippen LogP contribution in [0.3, 0.4) is 0 Å². The normalized spacial score (nSPS) is 21.2. The standard InChI is InChI=1S/C12H16N/c1-12(2)9-13(3)8-10-6-4-5-7-11(10)12/h5-7H,8-9H2,1-3H3. The fourth-order valence-corrected chi connectivity index (χ4v) is 2.36. The number of nitrogens with zero attached hydrogens (tertiary/aromatic N) is 1.